The molecule has 0 radical (unpaired) electrons. The van der Waals surface area contributed by atoms with Gasteiger partial charge in [0.15, 0.2) is 0 Å². The van der Waals surface area contributed by atoms with E-state index in [1.165, 1.54) is 0 Å². The van der Waals surface area contributed by atoms with Gasteiger partial charge < -0.3 is 4.98 Å². The zero-order valence-corrected chi connectivity index (χ0v) is 10.5. The zero-order valence-electron chi connectivity index (χ0n) is 8.49. The summed E-state index contributed by atoms with van der Waals surface area (Å²) in [6.07, 6.45) is 0. The Morgan fingerprint density at radius 2 is 1.55 bits per heavy atom. The molecule has 0 spiro atoms. The van der Waals surface area contributed by atoms with Crippen LogP contribution in [0.15, 0.2) is 0 Å². The molecule has 1 rings (SSSR count). The van der Waals surface area contributed by atoms with Crippen molar-refractivity contribution in [3.63, 3.8) is 0 Å². The molecule has 1 fully saturated rings. The fourth-order valence-corrected chi connectivity index (χ4v) is 21.6. The summed E-state index contributed by atoms with van der Waals surface area (Å²) >= 11 is 0. The molecule has 0 aromatic heterocycles. The van der Waals surface area contributed by atoms with Crippen molar-refractivity contribution in [2.45, 2.75) is 50.9 Å². The van der Waals surface area contributed by atoms with Crippen LogP contribution in [0.1, 0.15) is 13.8 Å². The van der Waals surface area contributed by atoms with Crippen LogP contribution in [0.2, 0.25) is 31.0 Å². The molecule has 66 valence electrons. The van der Waals surface area contributed by atoms with Crippen LogP contribution in [0.3, 0.4) is 0 Å². The van der Waals surface area contributed by atoms with E-state index in [0.717, 1.165) is 0 Å². The van der Waals surface area contributed by atoms with Crippen molar-refractivity contribution in [2.75, 3.05) is 0 Å². The second-order valence-electron chi connectivity index (χ2n) is 5.38. The molecule has 1 saturated heterocycles. The third kappa shape index (κ3) is 2.42. The lowest BCUT2D eigenvalue weighted by Gasteiger charge is -2.49. The molecule has 0 atom stereocenters. The van der Waals surface area contributed by atoms with E-state index in [1.807, 2.05) is 0 Å². The monoisotopic (exact) mass is 187 g/mol. The van der Waals surface area contributed by atoms with Crippen LogP contribution in [0.25, 0.3) is 0 Å². The van der Waals surface area contributed by atoms with Gasteiger partial charge in [-0.05, 0) is 17.4 Å². The molecule has 0 amide bonds. The van der Waals surface area contributed by atoms with Crippen molar-refractivity contribution in [1.29, 1.82) is 0 Å². The van der Waals surface area contributed by atoms with E-state index >= 15 is 0 Å². The Kier molecular flexibility index (Phi) is 2.34. The Balaban J connectivity index is 2.37. The van der Waals surface area contributed by atoms with Gasteiger partial charge in [0.25, 0.3) is 0 Å². The minimum absolute atomic E-state index is 0.654. The summed E-state index contributed by atoms with van der Waals surface area (Å²) in [4.78, 5) is 3.78. The van der Waals surface area contributed by atoms with E-state index in [0.29, 0.717) is 6.04 Å². The largest absolute Gasteiger partial charge is 0.335 e. The standard InChI is InChI=1S/C8H21NSi2/c1-8(2)9-11(5)6-10(3,4)7-11/h8-9H,6-7H2,1-5H3. The van der Waals surface area contributed by atoms with Gasteiger partial charge in [-0.15, -0.1) is 0 Å². The average molecular weight is 187 g/mol. The van der Waals surface area contributed by atoms with Gasteiger partial charge in [-0.25, -0.2) is 0 Å². The summed E-state index contributed by atoms with van der Waals surface area (Å²) < 4.78 is 0. The third-order valence-electron chi connectivity index (χ3n) is 2.37. The first-order chi connectivity index (χ1) is 4.83. The molecule has 0 saturated carbocycles. The molecule has 0 bridgehead atoms. The maximum atomic E-state index is 3.78. The Labute approximate surface area is 72.7 Å². The lowest BCUT2D eigenvalue weighted by atomic mass is 10.4. The second kappa shape index (κ2) is 2.71. The molecular weight excluding hydrogens is 166 g/mol. The molecule has 1 nitrogen and oxygen atoms in total. The maximum Gasteiger partial charge on any atom is 0.117 e. The van der Waals surface area contributed by atoms with Crippen LogP contribution in [0.5, 0.6) is 0 Å². The van der Waals surface area contributed by atoms with Crippen molar-refractivity contribution in [1.82, 2.24) is 4.98 Å². The van der Waals surface area contributed by atoms with E-state index in [4.69, 9.17) is 0 Å². The van der Waals surface area contributed by atoms with E-state index in [-0.39, 0.29) is 0 Å². The Morgan fingerprint density at radius 1 is 1.09 bits per heavy atom. The Morgan fingerprint density at radius 3 is 1.82 bits per heavy atom. The molecule has 0 aromatic carbocycles. The predicted molar refractivity (Wildman–Crippen MR) is 57.0 cm³/mol. The van der Waals surface area contributed by atoms with Crippen molar-refractivity contribution >= 4 is 16.3 Å². The average Bonchev–Trinajstić information content (AvgIpc) is 1.52. The summed E-state index contributed by atoms with van der Waals surface area (Å²) in [6.45, 7) is 12.1. The van der Waals surface area contributed by atoms with Crippen LogP contribution in [-0.2, 0) is 0 Å². The van der Waals surface area contributed by atoms with E-state index in [1.54, 1.807) is 11.3 Å². The molecule has 3 heteroatoms. The normalized spacial score (nSPS) is 26.7. The highest BCUT2D eigenvalue weighted by atomic mass is 28.5. The van der Waals surface area contributed by atoms with Crippen molar-refractivity contribution in [3.05, 3.63) is 0 Å². The van der Waals surface area contributed by atoms with Crippen molar-refractivity contribution in [2.24, 2.45) is 0 Å². The molecule has 11 heavy (non-hydrogen) atoms. The summed E-state index contributed by atoms with van der Waals surface area (Å²) in [6, 6.07) is 0.705. The van der Waals surface area contributed by atoms with Gasteiger partial charge in [0.1, 0.15) is 8.24 Å². The maximum absolute atomic E-state index is 3.78. The molecule has 1 heterocycles. The molecule has 0 aliphatic carbocycles. The SMILES string of the molecule is CC(C)N[Si]1(C)C[Si](C)(C)C1. The highest BCUT2D eigenvalue weighted by Crippen LogP contribution is 2.38. The van der Waals surface area contributed by atoms with Gasteiger partial charge in [-0.3, -0.25) is 0 Å². The summed E-state index contributed by atoms with van der Waals surface area (Å²) in [5.41, 5.74) is 3.19. The van der Waals surface area contributed by atoms with Gasteiger partial charge >= 0.3 is 0 Å². The quantitative estimate of drug-likeness (QED) is 0.655. The second-order valence-corrected chi connectivity index (χ2v) is 15.9. The van der Waals surface area contributed by atoms with Crippen LogP contribution in [-0.4, -0.2) is 22.4 Å². The molecule has 1 aliphatic heterocycles. The molecule has 1 aliphatic rings. The van der Waals surface area contributed by atoms with E-state index in [2.05, 4.69) is 38.5 Å². The highest BCUT2D eigenvalue weighted by molar-refractivity contribution is 7.11. The first-order valence-electron chi connectivity index (χ1n) is 4.61. The third-order valence-corrected chi connectivity index (χ3v) is 17.5. The summed E-state index contributed by atoms with van der Waals surface area (Å²) in [5.74, 6) is 0. The van der Waals surface area contributed by atoms with Gasteiger partial charge in [-0.1, -0.05) is 33.5 Å². The van der Waals surface area contributed by atoms with Crippen LogP contribution in [0, 0.1) is 0 Å². The number of hydrogen-bond acceptors (Lipinski definition) is 1. The lowest BCUT2D eigenvalue weighted by Crippen LogP contribution is -2.67. The Bertz CT molecular complexity index is 141. The van der Waals surface area contributed by atoms with Crippen LogP contribution >= 0.6 is 0 Å². The van der Waals surface area contributed by atoms with E-state index < -0.39 is 16.3 Å². The molecule has 0 aromatic rings. The molecule has 0 unspecified atom stereocenters. The van der Waals surface area contributed by atoms with Gasteiger partial charge in [0.2, 0.25) is 0 Å². The smallest absolute Gasteiger partial charge is 0.117 e. The van der Waals surface area contributed by atoms with Gasteiger partial charge in [0.05, 0.1) is 0 Å². The van der Waals surface area contributed by atoms with Crippen molar-refractivity contribution in [3.8, 4) is 0 Å². The van der Waals surface area contributed by atoms with Gasteiger partial charge in [-0.2, -0.15) is 0 Å². The first-order valence-corrected chi connectivity index (χ1v) is 10.9. The zero-order chi connectivity index (χ0) is 8.70. The Hall–Kier alpha value is 0.394. The van der Waals surface area contributed by atoms with Gasteiger partial charge in [0, 0.05) is 8.07 Å². The fraction of sp³-hybridized carbons (Fsp3) is 1.00. The van der Waals surface area contributed by atoms with Crippen LogP contribution in [0.4, 0.5) is 0 Å². The number of nitrogens with one attached hydrogen (secondary N) is 1. The predicted octanol–water partition coefficient (Wildman–Crippen LogP) is 2.36. The minimum atomic E-state index is -0.883. The summed E-state index contributed by atoms with van der Waals surface area (Å²) in [7, 11) is -1.54. The molecule has 1 N–H and O–H groups in total. The first kappa shape index (κ1) is 9.48. The topological polar surface area (TPSA) is 12.0 Å². The van der Waals surface area contributed by atoms with Crippen molar-refractivity contribution < 1.29 is 0 Å². The van der Waals surface area contributed by atoms with E-state index in [9.17, 15) is 0 Å². The minimum Gasteiger partial charge on any atom is -0.335 e. The highest BCUT2D eigenvalue weighted by Gasteiger charge is 2.48. The summed E-state index contributed by atoms with van der Waals surface area (Å²) in [5, 5.41) is 0. The number of rotatable bonds is 2. The van der Waals surface area contributed by atoms with Crippen LogP contribution < -0.4 is 4.98 Å². The lowest BCUT2D eigenvalue weighted by molar-refractivity contribution is 0.725. The number of hydrogen-bond donors (Lipinski definition) is 1. The molecular formula is C8H21NSi2. The fourth-order valence-electron chi connectivity index (χ4n) is 2.86.